The summed E-state index contributed by atoms with van der Waals surface area (Å²) in [7, 11) is 0. The van der Waals surface area contributed by atoms with Crippen LogP contribution in [0, 0.1) is 0 Å². The van der Waals surface area contributed by atoms with Gasteiger partial charge in [-0.3, -0.25) is 0 Å². The van der Waals surface area contributed by atoms with Gasteiger partial charge in [0, 0.05) is 11.8 Å². The largest absolute Gasteiger partial charge is 0.391 e. The van der Waals surface area contributed by atoms with Gasteiger partial charge in [-0.2, -0.15) is 5.10 Å². The second kappa shape index (κ2) is 3.05. The average molecular weight is 195 g/mol. The lowest BCUT2D eigenvalue weighted by atomic mass is 9.96. The standard InChI is InChI=1S/C10H17N3O/c1-10(2,3)9-11-8-5-4-7(14)6-13(8)12-9/h7,14H,4-6H2,1-3H3. The lowest BCUT2D eigenvalue weighted by Crippen LogP contribution is -2.25. The maximum atomic E-state index is 9.48. The van der Waals surface area contributed by atoms with E-state index < -0.39 is 0 Å². The third-order valence-electron chi connectivity index (χ3n) is 2.50. The fourth-order valence-corrected chi connectivity index (χ4v) is 1.61. The number of nitrogens with zero attached hydrogens (tertiary/aromatic N) is 3. The second-order valence-corrected chi connectivity index (χ2v) is 4.98. The highest BCUT2D eigenvalue weighted by atomic mass is 16.3. The molecule has 78 valence electrons. The van der Waals surface area contributed by atoms with Crippen LogP contribution in [0.3, 0.4) is 0 Å². The molecule has 0 aromatic carbocycles. The maximum absolute atomic E-state index is 9.48. The fourth-order valence-electron chi connectivity index (χ4n) is 1.61. The fraction of sp³-hybridized carbons (Fsp3) is 0.800. The summed E-state index contributed by atoms with van der Waals surface area (Å²) < 4.78 is 1.84. The van der Waals surface area contributed by atoms with E-state index in [9.17, 15) is 5.11 Å². The summed E-state index contributed by atoms with van der Waals surface area (Å²) in [4.78, 5) is 4.50. The van der Waals surface area contributed by atoms with Crippen LogP contribution in [-0.2, 0) is 18.4 Å². The number of aryl methyl sites for hydroxylation is 1. The van der Waals surface area contributed by atoms with Crippen LogP contribution in [0.15, 0.2) is 0 Å². The Kier molecular flexibility index (Phi) is 2.10. The first-order valence-corrected chi connectivity index (χ1v) is 5.09. The Morgan fingerprint density at radius 1 is 1.43 bits per heavy atom. The van der Waals surface area contributed by atoms with Crippen LogP contribution in [0.5, 0.6) is 0 Å². The van der Waals surface area contributed by atoms with E-state index in [4.69, 9.17) is 0 Å². The van der Waals surface area contributed by atoms with Gasteiger partial charge in [0.05, 0.1) is 12.6 Å². The van der Waals surface area contributed by atoms with Crippen molar-refractivity contribution in [3.05, 3.63) is 11.6 Å². The van der Waals surface area contributed by atoms with Crippen LogP contribution in [0.1, 0.15) is 38.8 Å². The van der Waals surface area contributed by atoms with E-state index in [1.165, 1.54) is 0 Å². The molecule has 0 spiro atoms. The molecule has 4 nitrogen and oxygen atoms in total. The molecule has 0 radical (unpaired) electrons. The van der Waals surface area contributed by atoms with E-state index in [1.54, 1.807) is 0 Å². The van der Waals surface area contributed by atoms with Crippen molar-refractivity contribution in [2.45, 2.75) is 51.7 Å². The molecule has 1 aromatic rings. The molecule has 4 heteroatoms. The minimum atomic E-state index is -0.253. The van der Waals surface area contributed by atoms with Crippen LogP contribution in [0.4, 0.5) is 0 Å². The Morgan fingerprint density at radius 3 is 2.79 bits per heavy atom. The molecule has 1 aliphatic rings. The molecule has 14 heavy (non-hydrogen) atoms. The molecule has 1 N–H and O–H groups in total. The van der Waals surface area contributed by atoms with Crippen molar-refractivity contribution < 1.29 is 5.11 Å². The van der Waals surface area contributed by atoms with Gasteiger partial charge >= 0.3 is 0 Å². The molecule has 0 amide bonds. The Hall–Kier alpha value is -0.900. The lowest BCUT2D eigenvalue weighted by Gasteiger charge is -2.16. The third-order valence-corrected chi connectivity index (χ3v) is 2.50. The molecular formula is C10H17N3O. The Labute approximate surface area is 84.0 Å². The smallest absolute Gasteiger partial charge is 0.156 e. The normalized spacial score (nSPS) is 22.1. The van der Waals surface area contributed by atoms with E-state index >= 15 is 0 Å². The summed E-state index contributed by atoms with van der Waals surface area (Å²) >= 11 is 0. The van der Waals surface area contributed by atoms with Crippen LogP contribution in [0.2, 0.25) is 0 Å². The SMILES string of the molecule is CC(C)(C)c1nc2n(n1)CC(O)CC2. The number of fused-ring (bicyclic) bond motifs is 1. The van der Waals surface area contributed by atoms with Crippen molar-refractivity contribution in [3.8, 4) is 0 Å². The van der Waals surface area contributed by atoms with Gasteiger partial charge in [-0.1, -0.05) is 20.8 Å². The molecule has 0 saturated carbocycles. The topological polar surface area (TPSA) is 50.9 Å². The molecule has 0 bridgehead atoms. The number of aliphatic hydroxyl groups is 1. The molecule has 1 atom stereocenters. The highest BCUT2D eigenvalue weighted by molar-refractivity contribution is 5.05. The number of rotatable bonds is 0. The van der Waals surface area contributed by atoms with Gasteiger partial charge in [-0.25, -0.2) is 9.67 Å². The van der Waals surface area contributed by atoms with Crippen LogP contribution < -0.4 is 0 Å². The maximum Gasteiger partial charge on any atom is 0.156 e. The minimum absolute atomic E-state index is 0.00467. The molecular weight excluding hydrogens is 178 g/mol. The van der Waals surface area contributed by atoms with Gasteiger partial charge in [-0.05, 0) is 6.42 Å². The van der Waals surface area contributed by atoms with Crippen LogP contribution in [-0.4, -0.2) is 26.0 Å². The summed E-state index contributed by atoms with van der Waals surface area (Å²) in [5, 5.41) is 13.9. The van der Waals surface area contributed by atoms with Crippen LogP contribution in [0.25, 0.3) is 0 Å². The highest BCUT2D eigenvalue weighted by Crippen LogP contribution is 2.21. The van der Waals surface area contributed by atoms with Gasteiger partial charge in [0.25, 0.3) is 0 Å². The zero-order chi connectivity index (χ0) is 10.3. The zero-order valence-electron chi connectivity index (χ0n) is 8.99. The first-order chi connectivity index (χ1) is 6.47. The zero-order valence-corrected chi connectivity index (χ0v) is 8.99. The molecule has 0 aliphatic carbocycles. The lowest BCUT2D eigenvalue weighted by molar-refractivity contribution is 0.124. The molecule has 2 heterocycles. The average Bonchev–Trinajstić information content (AvgIpc) is 2.45. The summed E-state index contributed by atoms with van der Waals surface area (Å²) in [6, 6.07) is 0. The quantitative estimate of drug-likeness (QED) is 0.668. The first-order valence-electron chi connectivity index (χ1n) is 5.09. The summed E-state index contributed by atoms with van der Waals surface area (Å²) in [5.74, 6) is 1.89. The second-order valence-electron chi connectivity index (χ2n) is 4.98. The van der Waals surface area contributed by atoms with Gasteiger partial charge in [-0.15, -0.1) is 0 Å². The number of hydrogen-bond acceptors (Lipinski definition) is 3. The van der Waals surface area contributed by atoms with E-state index in [0.717, 1.165) is 24.5 Å². The van der Waals surface area contributed by atoms with Crippen molar-refractivity contribution in [3.63, 3.8) is 0 Å². The molecule has 0 fully saturated rings. The third kappa shape index (κ3) is 1.66. The van der Waals surface area contributed by atoms with Crippen molar-refractivity contribution in [2.75, 3.05) is 0 Å². The van der Waals surface area contributed by atoms with Crippen molar-refractivity contribution in [1.82, 2.24) is 14.8 Å². The van der Waals surface area contributed by atoms with Crippen LogP contribution >= 0.6 is 0 Å². The van der Waals surface area contributed by atoms with E-state index in [0.29, 0.717) is 6.54 Å². The Bertz CT molecular complexity index is 338. The molecule has 1 aromatic heterocycles. The Balaban J connectivity index is 2.32. The predicted octanol–water partition coefficient (Wildman–Crippen LogP) is 0.883. The number of hydrogen-bond donors (Lipinski definition) is 1. The summed E-state index contributed by atoms with van der Waals surface area (Å²) in [6.07, 6.45) is 1.39. The summed E-state index contributed by atoms with van der Waals surface area (Å²) in [5.41, 5.74) is -0.00467. The van der Waals surface area contributed by atoms with Gasteiger partial charge in [0.15, 0.2) is 5.82 Å². The molecule has 0 saturated heterocycles. The van der Waals surface area contributed by atoms with E-state index in [2.05, 4.69) is 30.9 Å². The minimum Gasteiger partial charge on any atom is -0.391 e. The van der Waals surface area contributed by atoms with Crippen molar-refractivity contribution >= 4 is 0 Å². The highest BCUT2D eigenvalue weighted by Gasteiger charge is 2.25. The summed E-state index contributed by atoms with van der Waals surface area (Å²) in [6.45, 7) is 6.90. The first kappa shape index (κ1) is 9.65. The molecule has 1 unspecified atom stereocenters. The number of aromatic nitrogens is 3. The van der Waals surface area contributed by atoms with Crippen molar-refractivity contribution in [2.24, 2.45) is 0 Å². The van der Waals surface area contributed by atoms with E-state index in [1.807, 2.05) is 4.68 Å². The predicted molar refractivity (Wildman–Crippen MR) is 53.0 cm³/mol. The van der Waals surface area contributed by atoms with Crippen molar-refractivity contribution in [1.29, 1.82) is 0 Å². The monoisotopic (exact) mass is 195 g/mol. The van der Waals surface area contributed by atoms with Gasteiger partial charge in [0.1, 0.15) is 5.82 Å². The molecule has 2 rings (SSSR count). The van der Waals surface area contributed by atoms with Gasteiger partial charge in [0.2, 0.25) is 0 Å². The number of aliphatic hydroxyl groups excluding tert-OH is 1. The van der Waals surface area contributed by atoms with E-state index in [-0.39, 0.29) is 11.5 Å². The molecule has 1 aliphatic heterocycles. The van der Waals surface area contributed by atoms with Gasteiger partial charge < -0.3 is 5.11 Å². The Morgan fingerprint density at radius 2 is 2.14 bits per heavy atom.